The lowest BCUT2D eigenvalue weighted by molar-refractivity contribution is -0.138. The van der Waals surface area contributed by atoms with Gasteiger partial charge in [0.2, 0.25) is 11.8 Å². The van der Waals surface area contributed by atoms with Gasteiger partial charge >= 0.3 is 0 Å². The minimum Gasteiger partial charge on any atom is -0.342 e. The Labute approximate surface area is 113 Å². The molecular weight excluding hydrogens is 240 g/mol. The van der Waals surface area contributed by atoms with Crippen molar-refractivity contribution in [3.8, 4) is 0 Å². The Morgan fingerprint density at radius 1 is 1.11 bits per heavy atom. The lowest BCUT2D eigenvalue weighted by Crippen LogP contribution is -2.63. The molecule has 1 saturated heterocycles. The SMILES string of the molecule is CCC(C)C1NC(=O)C(Cc2ccccc2)NC1=O. The zero-order chi connectivity index (χ0) is 13.8. The molecule has 1 aliphatic rings. The first-order chi connectivity index (χ1) is 9.11. The second-order valence-electron chi connectivity index (χ2n) is 5.12. The summed E-state index contributed by atoms with van der Waals surface area (Å²) in [6.45, 7) is 3.99. The van der Waals surface area contributed by atoms with Crippen molar-refractivity contribution < 1.29 is 9.59 Å². The van der Waals surface area contributed by atoms with E-state index in [-0.39, 0.29) is 17.7 Å². The predicted molar refractivity (Wildman–Crippen MR) is 73.5 cm³/mol. The van der Waals surface area contributed by atoms with Crippen LogP contribution in [-0.2, 0) is 16.0 Å². The minimum atomic E-state index is -0.463. The van der Waals surface area contributed by atoms with Gasteiger partial charge in [0.1, 0.15) is 12.1 Å². The first kappa shape index (κ1) is 13.6. The molecule has 0 aliphatic carbocycles. The molecule has 19 heavy (non-hydrogen) atoms. The van der Waals surface area contributed by atoms with Gasteiger partial charge in [-0.15, -0.1) is 0 Å². The van der Waals surface area contributed by atoms with Gasteiger partial charge in [0, 0.05) is 6.42 Å². The summed E-state index contributed by atoms with van der Waals surface area (Å²) in [6, 6.07) is 8.85. The molecule has 1 aromatic rings. The third-order valence-corrected chi connectivity index (χ3v) is 3.71. The van der Waals surface area contributed by atoms with E-state index in [9.17, 15) is 9.59 Å². The number of hydrogen-bond acceptors (Lipinski definition) is 2. The van der Waals surface area contributed by atoms with Crippen molar-refractivity contribution in [2.24, 2.45) is 5.92 Å². The molecular formula is C15H20N2O2. The van der Waals surface area contributed by atoms with Crippen molar-refractivity contribution in [3.63, 3.8) is 0 Å². The lowest BCUT2D eigenvalue weighted by Gasteiger charge is -2.32. The maximum Gasteiger partial charge on any atom is 0.243 e. The highest BCUT2D eigenvalue weighted by atomic mass is 16.2. The van der Waals surface area contributed by atoms with Gasteiger partial charge in [-0.3, -0.25) is 9.59 Å². The Bertz CT molecular complexity index is 458. The van der Waals surface area contributed by atoms with Crippen LogP contribution in [0.15, 0.2) is 30.3 Å². The van der Waals surface area contributed by atoms with Crippen LogP contribution in [0.4, 0.5) is 0 Å². The molecule has 4 nitrogen and oxygen atoms in total. The third kappa shape index (κ3) is 3.13. The van der Waals surface area contributed by atoms with E-state index in [0.29, 0.717) is 6.42 Å². The fraction of sp³-hybridized carbons (Fsp3) is 0.467. The lowest BCUT2D eigenvalue weighted by atomic mass is 9.94. The Balaban J connectivity index is 2.03. The van der Waals surface area contributed by atoms with Crippen LogP contribution in [-0.4, -0.2) is 23.9 Å². The van der Waals surface area contributed by atoms with Crippen LogP contribution in [0.5, 0.6) is 0 Å². The number of hydrogen-bond donors (Lipinski definition) is 2. The van der Waals surface area contributed by atoms with E-state index >= 15 is 0 Å². The Hall–Kier alpha value is -1.84. The topological polar surface area (TPSA) is 58.2 Å². The highest BCUT2D eigenvalue weighted by Crippen LogP contribution is 2.13. The number of amides is 2. The van der Waals surface area contributed by atoms with Crippen molar-refractivity contribution in [2.45, 2.75) is 38.8 Å². The highest BCUT2D eigenvalue weighted by molar-refractivity contribution is 5.97. The molecule has 3 unspecified atom stereocenters. The number of carbonyl (C=O) groups is 2. The van der Waals surface area contributed by atoms with Gasteiger partial charge in [0.25, 0.3) is 0 Å². The van der Waals surface area contributed by atoms with Gasteiger partial charge in [-0.05, 0) is 11.5 Å². The third-order valence-electron chi connectivity index (χ3n) is 3.71. The van der Waals surface area contributed by atoms with Crippen LogP contribution in [0.2, 0.25) is 0 Å². The van der Waals surface area contributed by atoms with Gasteiger partial charge in [0.05, 0.1) is 0 Å². The Kier molecular flexibility index (Phi) is 4.20. The summed E-state index contributed by atoms with van der Waals surface area (Å²) in [5.41, 5.74) is 1.05. The molecule has 1 aliphatic heterocycles. The average molecular weight is 260 g/mol. The predicted octanol–water partition coefficient (Wildman–Crippen LogP) is 1.26. The second-order valence-corrected chi connectivity index (χ2v) is 5.12. The molecule has 0 aromatic heterocycles. The zero-order valence-corrected chi connectivity index (χ0v) is 11.3. The van der Waals surface area contributed by atoms with Crippen molar-refractivity contribution >= 4 is 11.8 Å². The summed E-state index contributed by atoms with van der Waals surface area (Å²) in [5, 5.41) is 5.67. The fourth-order valence-electron chi connectivity index (χ4n) is 2.28. The van der Waals surface area contributed by atoms with Crippen LogP contribution in [0.3, 0.4) is 0 Å². The summed E-state index contributed by atoms with van der Waals surface area (Å²) < 4.78 is 0. The molecule has 4 heteroatoms. The molecule has 102 valence electrons. The van der Waals surface area contributed by atoms with Crippen molar-refractivity contribution in [2.75, 3.05) is 0 Å². The summed E-state index contributed by atoms with van der Waals surface area (Å²) >= 11 is 0. The fourth-order valence-corrected chi connectivity index (χ4v) is 2.28. The number of nitrogens with one attached hydrogen (secondary N) is 2. The quantitative estimate of drug-likeness (QED) is 0.856. The molecule has 0 saturated carbocycles. The van der Waals surface area contributed by atoms with Gasteiger partial charge < -0.3 is 10.6 Å². The molecule has 0 spiro atoms. The summed E-state index contributed by atoms with van der Waals surface area (Å²) in [5.74, 6) is -0.00902. The zero-order valence-electron chi connectivity index (χ0n) is 11.3. The van der Waals surface area contributed by atoms with E-state index in [1.165, 1.54) is 0 Å². The van der Waals surface area contributed by atoms with E-state index in [2.05, 4.69) is 10.6 Å². The second kappa shape index (κ2) is 5.87. The number of rotatable bonds is 4. The number of benzene rings is 1. The molecule has 1 heterocycles. The van der Waals surface area contributed by atoms with Gasteiger partial charge in [-0.2, -0.15) is 0 Å². The molecule has 2 N–H and O–H groups in total. The van der Waals surface area contributed by atoms with Crippen LogP contribution >= 0.6 is 0 Å². The largest absolute Gasteiger partial charge is 0.342 e. The maximum atomic E-state index is 12.0. The minimum absolute atomic E-state index is 0.0742. The van der Waals surface area contributed by atoms with Crippen molar-refractivity contribution in [1.29, 1.82) is 0 Å². The molecule has 0 bridgehead atoms. The standard InChI is InChI=1S/C15H20N2O2/c1-3-10(2)13-15(19)16-12(14(18)17-13)9-11-7-5-4-6-8-11/h4-8,10,12-13H,3,9H2,1-2H3,(H,16,19)(H,17,18). The van der Waals surface area contributed by atoms with Crippen molar-refractivity contribution in [3.05, 3.63) is 35.9 Å². The van der Waals surface area contributed by atoms with E-state index in [0.717, 1.165) is 12.0 Å². The van der Waals surface area contributed by atoms with E-state index in [1.54, 1.807) is 0 Å². The first-order valence-corrected chi connectivity index (χ1v) is 6.76. The molecule has 1 aromatic carbocycles. The Morgan fingerprint density at radius 3 is 2.42 bits per heavy atom. The van der Waals surface area contributed by atoms with E-state index in [1.807, 2.05) is 44.2 Å². The number of carbonyl (C=O) groups excluding carboxylic acids is 2. The summed E-state index contributed by atoms with van der Waals surface area (Å²) in [7, 11) is 0. The normalized spacial score (nSPS) is 24.5. The van der Waals surface area contributed by atoms with E-state index in [4.69, 9.17) is 0 Å². The van der Waals surface area contributed by atoms with Crippen LogP contribution in [0.1, 0.15) is 25.8 Å². The maximum absolute atomic E-state index is 12.0. The smallest absolute Gasteiger partial charge is 0.243 e. The van der Waals surface area contributed by atoms with Crippen LogP contribution in [0.25, 0.3) is 0 Å². The highest BCUT2D eigenvalue weighted by Gasteiger charge is 2.35. The van der Waals surface area contributed by atoms with E-state index < -0.39 is 12.1 Å². The molecule has 1 fully saturated rings. The average Bonchev–Trinajstić information content (AvgIpc) is 2.43. The molecule has 2 rings (SSSR count). The van der Waals surface area contributed by atoms with Crippen molar-refractivity contribution in [1.82, 2.24) is 10.6 Å². The molecule has 0 radical (unpaired) electrons. The van der Waals surface area contributed by atoms with Crippen LogP contribution in [0, 0.1) is 5.92 Å². The van der Waals surface area contributed by atoms with Gasteiger partial charge in [-0.25, -0.2) is 0 Å². The van der Waals surface area contributed by atoms with Gasteiger partial charge in [0.15, 0.2) is 0 Å². The first-order valence-electron chi connectivity index (χ1n) is 6.76. The van der Waals surface area contributed by atoms with Gasteiger partial charge in [-0.1, -0.05) is 50.6 Å². The monoisotopic (exact) mass is 260 g/mol. The summed E-state index contributed by atoms with van der Waals surface area (Å²) in [4.78, 5) is 24.1. The molecule has 3 atom stereocenters. The van der Waals surface area contributed by atoms with Crippen LogP contribution < -0.4 is 10.6 Å². The molecule has 2 amide bonds. The Morgan fingerprint density at radius 2 is 1.79 bits per heavy atom. The number of piperazine rings is 1. The summed E-state index contributed by atoms with van der Waals surface area (Å²) in [6.07, 6.45) is 1.40.